The number of rotatable bonds is 9. The van der Waals surface area contributed by atoms with Gasteiger partial charge < -0.3 is 83.6 Å². The van der Waals surface area contributed by atoms with Crippen LogP contribution >= 0.6 is 0 Å². The molecule has 4 fully saturated rings. The van der Waals surface area contributed by atoms with Crippen LogP contribution in [0.1, 0.15) is 32.6 Å². The van der Waals surface area contributed by atoms with E-state index < -0.39 is 92.1 Å². The molecule has 1 aliphatic carbocycles. The molecule has 3 aliphatic heterocycles. The van der Waals surface area contributed by atoms with Gasteiger partial charge in [0.1, 0.15) is 36.6 Å². The Bertz CT molecular complexity index is 834. The van der Waals surface area contributed by atoms with E-state index in [9.17, 15) is 25.5 Å². The van der Waals surface area contributed by atoms with Crippen molar-refractivity contribution in [3.05, 3.63) is 0 Å². The molecule has 16 heteroatoms. The molecule has 3 saturated heterocycles. The van der Waals surface area contributed by atoms with Crippen molar-refractivity contribution >= 4 is 0 Å². The fourth-order valence-corrected chi connectivity index (χ4v) is 6.39. The zero-order valence-electron chi connectivity index (χ0n) is 23.4. The van der Waals surface area contributed by atoms with Crippen molar-refractivity contribution in [2.75, 3.05) is 13.2 Å². The Labute approximate surface area is 239 Å². The Balaban J connectivity index is 1.48. The predicted molar refractivity (Wildman–Crippen MR) is 143 cm³/mol. The quantitative estimate of drug-likeness (QED) is 0.118. The Morgan fingerprint density at radius 2 is 1.41 bits per heavy atom. The van der Waals surface area contributed by atoms with Crippen LogP contribution in [-0.4, -0.2) is 143 Å². The molecule has 18 atom stereocenters. The molecule has 1 saturated carbocycles. The summed E-state index contributed by atoms with van der Waals surface area (Å²) in [5.41, 5.74) is 36.8. The molecule has 0 aromatic rings. The van der Waals surface area contributed by atoms with E-state index in [0.717, 1.165) is 12.8 Å². The highest BCUT2D eigenvalue weighted by Crippen LogP contribution is 2.37. The maximum atomic E-state index is 11.2. The summed E-state index contributed by atoms with van der Waals surface area (Å²) in [6.45, 7) is 1.19. The molecule has 17 N–H and O–H groups in total. The molecule has 3 heterocycles. The molecule has 0 aromatic heterocycles. The Morgan fingerprint density at radius 3 is 2.05 bits per heavy atom. The predicted octanol–water partition coefficient (Wildman–Crippen LogP) is -5.78. The normalized spacial score (nSPS) is 52.0. The molecule has 0 spiro atoms. The lowest BCUT2D eigenvalue weighted by Gasteiger charge is -2.46. The van der Waals surface area contributed by atoms with E-state index in [1.165, 1.54) is 0 Å². The second-order valence-electron chi connectivity index (χ2n) is 12.0. The maximum Gasteiger partial charge on any atom is 0.187 e. The largest absolute Gasteiger partial charge is 0.394 e. The summed E-state index contributed by atoms with van der Waals surface area (Å²) in [6.07, 6.45) is -10.6. The van der Waals surface area contributed by atoms with Gasteiger partial charge in [-0.3, -0.25) is 0 Å². The van der Waals surface area contributed by atoms with Gasteiger partial charge in [-0.2, -0.15) is 0 Å². The van der Waals surface area contributed by atoms with Gasteiger partial charge >= 0.3 is 0 Å². The van der Waals surface area contributed by atoms with Crippen LogP contribution < -0.4 is 34.4 Å². The van der Waals surface area contributed by atoms with Crippen molar-refractivity contribution in [3.8, 4) is 0 Å². The van der Waals surface area contributed by atoms with Crippen molar-refractivity contribution in [1.82, 2.24) is 0 Å². The van der Waals surface area contributed by atoms with Gasteiger partial charge in [-0.25, -0.2) is 0 Å². The van der Waals surface area contributed by atoms with Gasteiger partial charge in [-0.15, -0.1) is 0 Å². The van der Waals surface area contributed by atoms with Gasteiger partial charge in [0, 0.05) is 36.6 Å². The average Bonchev–Trinajstić information content (AvgIpc) is 3.23. The molecule has 0 aromatic carbocycles. The first-order valence-corrected chi connectivity index (χ1v) is 14.5. The molecule has 4 aliphatic rings. The third kappa shape index (κ3) is 7.04. The van der Waals surface area contributed by atoms with E-state index >= 15 is 0 Å². The van der Waals surface area contributed by atoms with E-state index in [1.807, 2.05) is 6.92 Å². The van der Waals surface area contributed by atoms with Gasteiger partial charge in [0.05, 0.1) is 37.1 Å². The zero-order valence-corrected chi connectivity index (χ0v) is 23.4. The van der Waals surface area contributed by atoms with Crippen molar-refractivity contribution in [1.29, 1.82) is 0 Å². The van der Waals surface area contributed by atoms with Gasteiger partial charge in [0.25, 0.3) is 0 Å². The SMILES string of the molecule is C[C@H](N)[C@@H]1CC[C@@H](N)[C@@H](C[C@H]2[C@H](O[C@@H]3O[C@H](CO)[C@@H](O[C@H]4O[C@@H](CN)[C@@H](O)[C@H](O)[C@H]4N)[C@H]3O)[C@@H](O)[C@H](N)C[C@@H]2N)O1. The molecule has 0 amide bonds. The summed E-state index contributed by atoms with van der Waals surface area (Å²) < 4.78 is 29.7. The molecular formula is C25H50N6O10. The van der Waals surface area contributed by atoms with E-state index in [1.54, 1.807) is 0 Å². The summed E-state index contributed by atoms with van der Waals surface area (Å²) in [4.78, 5) is 0. The minimum atomic E-state index is -1.47. The van der Waals surface area contributed by atoms with Crippen LogP contribution in [-0.2, 0) is 23.7 Å². The fourth-order valence-electron chi connectivity index (χ4n) is 6.39. The minimum absolute atomic E-state index is 0.121. The van der Waals surface area contributed by atoms with Crippen molar-refractivity contribution in [2.45, 2.75) is 136 Å². The zero-order chi connectivity index (χ0) is 30.2. The highest BCUT2D eigenvalue weighted by atomic mass is 16.7. The fraction of sp³-hybridized carbons (Fsp3) is 1.00. The third-order valence-electron chi connectivity index (χ3n) is 9.03. The van der Waals surface area contributed by atoms with Crippen LogP contribution in [0.2, 0.25) is 0 Å². The molecule has 0 radical (unpaired) electrons. The first-order chi connectivity index (χ1) is 19.4. The van der Waals surface area contributed by atoms with Gasteiger partial charge in [-0.05, 0) is 32.6 Å². The number of aliphatic hydroxyl groups is 5. The molecule has 41 heavy (non-hydrogen) atoms. The Hall–Kier alpha value is -0.640. The topological polar surface area (TPSA) is 303 Å². The van der Waals surface area contributed by atoms with Crippen LogP contribution in [0.3, 0.4) is 0 Å². The van der Waals surface area contributed by atoms with Crippen molar-refractivity contribution in [2.24, 2.45) is 40.3 Å². The molecule has 240 valence electrons. The Kier molecular flexibility index (Phi) is 11.3. The van der Waals surface area contributed by atoms with Crippen molar-refractivity contribution in [3.63, 3.8) is 0 Å². The second-order valence-corrected chi connectivity index (χ2v) is 12.0. The molecular weight excluding hydrogens is 544 g/mol. The smallest absolute Gasteiger partial charge is 0.187 e. The van der Waals surface area contributed by atoms with Crippen molar-refractivity contribution < 1.29 is 49.2 Å². The highest BCUT2D eigenvalue weighted by Gasteiger charge is 2.53. The lowest BCUT2D eigenvalue weighted by molar-refractivity contribution is -0.280. The number of hydrogen-bond acceptors (Lipinski definition) is 16. The third-order valence-corrected chi connectivity index (χ3v) is 9.03. The Morgan fingerprint density at radius 1 is 0.756 bits per heavy atom. The molecule has 0 unspecified atom stereocenters. The summed E-state index contributed by atoms with van der Waals surface area (Å²) in [5, 5.41) is 52.7. The average molecular weight is 595 g/mol. The number of nitrogens with two attached hydrogens (primary N) is 6. The second kappa shape index (κ2) is 14.0. The first kappa shape index (κ1) is 33.3. The first-order valence-electron chi connectivity index (χ1n) is 14.5. The molecule has 16 nitrogen and oxygen atoms in total. The summed E-state index contributed by atoms with van der Waals surface area (Å²) in [5.74, 6) is -0.465. The lowest BCUT2D eigenvalue weighted by Crippen LogP contribution is -2.64. The monoisotopic (exact) mass is 594 g/mol. The number of ether oxygens (including phenoxy) is 5. The van der Waals surface area contributed by atoms with E-state index in [2.05, 4.69) is 0 Å². The minimum Gasteiger partial charge on any atom is -0.394 e. The van der Waals surface area contributed by atoms with Gasteiger partial charge in [0.15, 0.2) is 12.6 Å². The summed E-state index contributed by atoms with van der Waals surface area (Å²) >= 11 is 0. The van der Waals surface area contributed by atoms with E-state index in [4.69, 9.17) is 58.1 Å². The lowest BCUT2D eigenvalue weighted by atomic mass is 9.74. The van der Waals surface area contributed by atoms with Crippen LogP contribution in [0.15, 0.2) is 0 Å². The maximum absolute atomic E-state index is 11.2. The van der Waals surface area contributed by atoms with Gasteiger partial charge in [-0.1, -0.05) is 0 Å². The van der Waals surface area contributed by atoms with Crippen LogP contribution in [0, 0.1) is 5.92 Å². The summed E-state index contributed by atoms with van der Waals surface area (Å²) in [7, 11) is 0. The molecule has 4 rings (SSSR count). The number of hydrogen-bond donors (Lipinski definition) is 11. The standard InChI is InChI=1S/C25H50N6O10/c1-8(27)13-3-2-10(28)14(37-13)4-9-11(29)5-12(30)18(33)22(9)40-25-21(36)23(16(7-32)39-25)41-24-17(31)20(35)19(34)15(6-26)38-24/h8-25,32-36H,2-7,26-31H2,1H3/t8-,9+,10+,11-,12+,13-,14+,15-,16+,17+,18-,19+,20+,21+,22-,23+,24+,25-/m0/s1. The van der Waals surface area contributed by atoms with E-state index in [-0.39, 0.29) is 30.8 Å². The van der Waals surface area contributed by atoms with Crippen LogP contribution in [0.4, 0.5) is 0 Å². The van der Waals surface area contributed by atoms with Gasteiger partial charge in [0.2, 0.25) is 0 Å². The molecule has 0 bridgehead atoms. The number of aliphatic hydroxyl groups excluding tert-OH is 5. The van der Waals surface area contributed by atoms with Crippen LogP contribution in [0.25, 0.3) is 0 Å². The summed E-state index contributed by atoms with van der Waals surface area (Å²) in [6, 6.07) is -2.80. The van der Waals surface area contributed by atoms with E-state index in [0.29, 0.717) is 12.8 Å². The highest BCUT2D eigenvalue weighted by molar-refractivity contribution is 5.01. The van der Waals surface area contributed by atoms with Crippen LogP contribution in [0.5, 0.6) is 0 Å².